The largest absolute Gasteiger partial charge is 0.811 e. The zero-order chi connectivity index (χ0) is 14.4. The highest BCUT2D eigenvalue weighted by Gasteiger charge is 1.83. The molecule has 0 aromatic carbocycles. The summed E-state index contributed by atoms with van der Waals surface area (Å²) in [6.07, 6.45) is 7.06. The summed E-state index contributed by atoms with van der Waals surface area (Å²) in [6.45, 7) is -0.0791. The zero-order valence-corrected chi connectivity index (χ0v) is 11.3. The molecule has 0 aliphatic heterocycles. The molecule has 104 valence electrons. The summed E-state index contributed by atoms with van der Waals surface area (Å²) in [5.41, 5.74) is 4.74. The maximum Gasteiger partial charge on any atom is 0.166 e. The molecule has 0 aliphatic rings. The van der Waals surface area contributed by atoms with E-state index in [4.69, 9.17) is 5.73 Å². The van der Waals surface area contributed by atoms with E-state index >= 15 is 0 Å². The Kier molecular flexibility index (Phi) is 10.5. The van der Waals surface area contributed by atoms with Crippen molar-refractivity contribution < 1.29 is 24.3 Å². The standard InChI is InChI=1S/2C5H5N.C2H8NO3P/c2*1-2-4-6-5-3-1;3-1-2-7(4,5)6/h2*1-5H;1-3H2,(H2,4,5,6). The van der Waals surface area contributed by atoms with Gasteiger partial charge in [0.2, 0.25) is 0 Å². The molecule has 2 heterocycles. The molecular formula is C12H18N3O3P. The van der Waals surface area contributed by atoms with Gasteiger partial charge in [-0.15, -0.1) is 0 Å². The SMILES string of the molecule is NCCP(=O)([O-])[O-].c1cc[nH+]cc1.c1cc[nH+]cc1. The van der Waals surface area contributed by atoms with Gasteiger partial charge in [0.15, 0.2) is 24.8 Å². The van der Waals surface area contributed by atoms with Crippen molar-refractivity contribution in [2.24, 2.45) is 5.73 Å². The third kappa shape index (κ3) is 16.4. The van der Waals surface area contributed by atoms with Crippen molar-refractivity contribution in [2.75, 3.05) is 12.7 Å². The average Bonchev–Trinajstić information content (AvgIpc) is 2.43. The fourth-order valence-electron chi connectivity index (χ4n) is 0.842. The van der Waals surface area contributed by atoms with Gasteiger partial charge in [0.05, 0.1) is 0 Å². The number of H-pyrrole nitrogens is 2. The van der Waals surface area contributed by atoms with Gasteiger partial charge in [0, 0.05) is 24.3 Å². The fraction of sp³-hybridized carbons (Fsp3) is 0.167. The number of aromatic amines is 2. The number of nitrogens with one attached hydrogen (secondary N) is 2. The lowest BCUT2D eigenvalue weighted by molar-refractivity contribution is -0.378. The second kappa shape index (κ2) is 11.5. The Morgan fingerprint density at radius 1 is 0.842 bits per heavy atom. The van der Waals surface area contributed by atoms with Crippen LogP contribution >= 0.6 is 7.60 Å². The fourth-order valence-corrected chi connectivity index (χ4v) is 1.16. The van der Waals surface area contributed by atoms with Crippen LogP contribution in [0.1, 0.15) is 0 Å². The van der Waals surface area contributed by atoms with Gasteiger partial charge < -0.3 is 20.1 Å². The molecule has 19 heavy (non-hydrogen) atoms. The summed E-state index contributed by atoms with van der Waals surface area (Å²) in [4.78, 5) is 25.0. The summed E-state index contributed by atoms with van der Waals surface area (Å²) in [5.74, 6) is 0. The van der Waals surface area contributed by atoms with Gasteiger partial charge in [0.1, 0.15) is 0 Å². The minimum absolute atomic E-state index is 0.0791. The summed E-state index contributed by atoms with van der Waals surface area (Å²) >= 11 is 0. The first-order chi connectivity index (χ1) is 9.06. The van der Waals surface area contributed by atoms with Crippen LogP contribution in [0, 0.1) is 0 Å². The van der Waals surface area contributed by atoms with Crippen LogP contribution in [0.2, 0.25) is 0 Å². The molecule has 0 saturated heterocycles. The van der Waals surface area contributed by atoms with E-state index in [1.807, 2.05) is 61.2 Å². The zero-order valence-electron chi connectivity index (χ0n) is 10.4. The number of nitrogens with two attached hydrogens (primary N) is 1. The van der Waals surface area contributed by atoms with Crippen LogP contribution < -0.4 is 25.5 Å². The molecule has 2 aromatic rings. The maximum absolute atomic E-state index is 9.62. The van der Waals surface area contributed by atoms with Gasteiger partial charge in [0.25, 0.3) is 0 Å². The molecule has 0 aliphatic carbocycles. The molecule has 7 heteroatoms. The molecule has 0 saturated carbocycles. The van der Waals surface area contributed by atoms with E-state index in [-0.39, 0.29) is 6.54 Å². The van der Waals surface area contributed by atoms with Crippen molar-refractivity contribution in [1.82, 2.24) is 0 Å². The molecule has 0 bridgehead atoms. The highest BCUT2D eigenvalue weighted by atomic mass is 31.2. The Labute approximate surface area is 112 Å². The normalized spacial score (nSPS) is 9.42. The maximum atomic E-state index is 9.62. The molecule has 0 amide bonds. The summed E-state index contributed by atoms with van der Waals surface area (Å²) < 4.78 is 9.62. The molecule has 0 spiro atoms. The highest BCUT2D eigenvalue weighted by molar-refractivity contribution is 7.48. The van der Waals surface area contributed by atoms with Gasteiger partial charge >= 0.3 is 0 Å². The molecule has 0 radical (unpaired) electrons. The lowest BCUT2D eigenvalue weighted by Gasteiger charge is -2.28. The van der Waals surface area contributed by atoms with Crippen LogP contribution in [0.15, 0.2) is 61.2 Å². The van der Waals surface area contributed by atoms with Crippen LogP contribution in [0.3, 0.4) is 0 Å². The summed E-state index contributed by atoms with van der Waals surface area (Å²) in [7, 11) is -4.29. The molecular weight excluding hydrogens is 265 g/mol. The molecule has 0 unspecified atom stereocenters. The predicted molar refractivity (Wildman–Crippen MR) is 67.5 cm³/mol. The summed E-state index contributed by atoms with van der Waals surface area (Å²) in [5, 5.41) is 0. The number of rotatable bonds is 2. The number of hydrogen-bond acceptors (Lipinski definition) is 4. The van der Waals surface area contributed by atoms with Crippen molar-refractivity contribution in [3.8, 4) is 0 Å². The highest BCUT2D eigenvalue weighted by Crippen LogP contribution is 2.19. The Morgan fingerprint density at radius 3 is 1.26 bits per heavy atom. The monoisotopic (exact) mass is 283 g/mol. The number of hydrogen-bond donors (Lipinski definition) is 1. The molecule has 0 fully saturated rings. The van der Waals surface area contributed by atoms with E-state index < -0.39 is 13.8 Å². The van der Waals surface area contributed by atoms with Crippen LogP contribution in [0.4, 0.5) is 0 Å². The quantitative estimate of drug-likeness (QED) is 0.701. The minimum Gasteiger partial charge on any atom is -0.811 e. The lowest BCUT2D eigenvalue weighted by Crippen LogP contribution is -2.21. The third-order valence-electron chi connectivity index (χ3n) is 1.62. The van der Waals surface area contributed by atoms with Crippen LogP contribution in [0.25, 0.3) is 0 Å². The second-order valence-electron chi connectivity index (χ2n) is 3.28. The first-order valence-corrected chi connectivity index (χ1v) is 7.32. The van der Waals surface area contributed by atoms with Crippen molar-refractivity contribution in [3.63, 3.8) is 0 Å². The molecule has 4 N–H and O–H groups in total. The van der Waals surface area contributed by atoms with Gasteiger partial charge in [-0.3, -0.25) is 0 Å². The Bertz CT molecular complexity index is 352. The second-order valence-corrected chi connectivity index (χ2v) is 4.95. The molecule has 2 rings (SSSR count). The Hall–Kier alpha value is -1.59. The number of pyridine rings is 2. The molecule has 0 atom stereocenters. The first-order valence-electron chi connectivity index (χ1n) is 5.59. The van der Waals surface area contributed by atoms with E-state index in [9.17, 15) is 14.4 Å². The van der Waals surface area contributed by atoms with Crippen molar-refractivity contribution in [3.05, 3.63) is 61.2 Å². The third-order valence-corrected chi connectivity index (χ3v) is 2.42. The average molecular weight is 283 g/mol. The van der Waals surface area contributed by atoms with Gasteiger partial charge in [-0.25, -0.2) is 9.97 Å². The van der Waals surface area contributed by atoms with Gasteiger partial charge in [-0.2, -0.15) is 0 Å². The minimum atomic E-state index is -4.29. The van der Waals surface area contributed by atoms with Crippen molar-refractivity contribution >= 4 is 7.60 Å². The van der Waals surface area contributed by atoms with E-state index in [0.717, 1.165) is 0 Å². The Morgan fingerprint density at radius 2 is 1.21 bits per heavy atom. The first kappa shape index (κ1) is 17.4. The van der Waals surface area contributed by atoms with Crippen LogP contribution in [-0.4, -0.2) is 12.7 Å². The topological polar surface area (TPSA) is 117 Å². The van der Waals surface area contributed by atoms with Gasteiger partial charge in [-0.1, -0.05) is 19.7 Å². The smallest absolute Gasteiger partial charge is 0.166 e. The summed E-state index contributed by atoms with van der Waals surface area (Å²) in [6, 6.07) is 11.7. The predicted octanol–water partition coefficient (Wildman–Crippen LogP) is -1.14. The van der Waals surface area contributed by atoms with E-state index in [2.05, 4.69) is 9.97 Å². The van der Waals surface area contributed by atoms with E-state index in [0.29, 0.717) is 0 Å². The molecule has 2 aromatic heterocycles. The van der Waals surface area contributed by atoms with E-state index in [1.54, 1.807) is 0 Å². The lowest BCUT2D eigenvalue weighted by atomic mass is 10.5. The van der Waals surface area contributed by atoms with Crippen LogP contribution in [0.5, 0.6) is 0 Å². The van der Waals surface area contributed by atoms with Crippen molar-refractivity contribution in [2.45, 2.75) is 0 Å². The van der Waals surface area contributed by atoms with Crippen molar-refractivity contribution in [1.29, 1.82) is 0 Å². The van der Waals surface area contributed by atoms with E-state index in [1.165, 1.54) is 0 Å². The number of aromatic nitrogens is 2. The van der Waals surface area contributed by atoms with Crippen LogP contribution in [-0.2, 0) is 4.57 Å². The Balaban J connectivity index is 0.000000256. The molecule has 6 nitrogen and oxygen atoms in total. The van der Waals surface area contributed by atoms with Gasteiger partial charge in [-0.05, 0) is 12.7 Å².